The third kappa shape index (κ3) is 7.88. The van der Waals surface area contributed by atoms with E-state index in [1.54, 1.807) is 12.1 Å². The number of carbonyl (C=O) groups is 3. The lowest BCUT2D eigenvalue weighted by Crippen LogP contribution is -2.48. The van der Waals surface area contributed by atoms with Crippen molar-refractivity contribution < 1.29 is 14.4 Å². The van der Waals surface area contributed by atoms with E-state index in [1.807, 2.05) is 55.5 Å². The molecular weight excluding hydrogens is 654 g/mol. The summed E-state index contributed by atoms with van der Waals surface area (Å²) in [7, 11) is 0. The SMILES string of the molecule is Cc1ccc(C[C@H](NC(=O)C2CCC(CN)CC2)C(=O)Nc2ccc(-c3nnn[nH]3)cc2)cc1-c1cccc(C(=O)NC2C3CNCC32)c1.Cl. The molecule has 0 bridgehead atoms. The fourth-order valence-corrected chi connectivity index (χ4v) is 7.42. The van der Waals surface area contributed by atoms with Gasteiger partial charge in [0.2, 0.25) is 11.8 Å². The highest BCUT2D eigenvalue weighted by molar-refractivity contribution is 5.98. The van der Waals surface area contributed by atoms with Gasteiger partial charge < -0.3 is 27.0 Å². The minimum atomic E-state index is -0.807. The average Bonchev–Trinajstić information content (AvgIpc) is 3.52. The molecule has 3 aromatic carbocycles. The summed E-state index contributed by atoms with van der Waals surface area (Å²) in [4.78, 5) is 40.5. The molecule has 2 unspecified atom stereocenters. The van der Waals surface area contributed by atoms with Gasteiger partial charge in [-0.2, -0.15) is 0 Å². The molecule has 3 fully saturated rings. The number of carbonyl (C=O) groups excluding carboxylic acids is 3. The number of nitrogens with two attached hydrogens (primary N) is 1. The van der Waals surface area contributed by atoms with Crippen molar-refractivity contribution in [3.63, 3.8) is 0 Å². The summed E-state index contributed by atoms with van der Waals surface area (Å²) in [6.07, 6.45) is 3.64. The van der Waals surface area contributed by atoms with Crippen LogP contribution in [0.4, 0.5) is 5.69 Å². The lowest BCUT2D eigenvalue weighted by Gasteiger charge is -2.28. The Morgan fingerprint density at radius 1 is 0.940 bits per heavy atom. The predicted octanol–water partition coefficient (Wildman–Crippen LogP) is 3.64. The van der Waals surface area contributed by atoms with Crippen molar-refractivity contribution in [3.05, 3.63) is 83.4 Å². The van der Waals surface area contributed by atoms with Gasteiger partial charge in [-0.3, -0.25) is 14.4 Å². The molecule has 1 saturated heterocycles. The molecule has 1 aromatic heterocycles. The molecule has 3 aliphatic rings. The Morgan fingerprint density at radius 3 is 2.40 bits per heavy atom. The summed E-state index contributed by atoms with van der Waals surface area (Å²) >= 11 is 0. The summed E-state index contributed by atoms with van der Waals surface area (Å²) < 4.78 is 0. The van der Waals surface area contributed by atoms with Crippen molar-refractivity contribution in [2.75, 3.05) is 25.0 Å². The summed E-state index contributed by atoms with van der Waals surface area (Å²) in [5.74, 6) is 1.42. The van der Waals surface area contributed by atoms with Gasteiger partial charge in [0.1, 0.15) is 6.04 Å². The maximum Gasteiger partial charge on any atom is 0.251 e. The standard InChI is InChI=1S/C37H43N9O3.ClH/c1-21-5-6-23(15-29(21)26-3-2-4-27(17-26)36(48)42-33-30-19-39-20-31(30)33)16-32(41-35(47)25-9-7-22(18-38)8-10-25)37(49)40-28-13-11-24(12-14-28)34-43-45-46-44-34;/h2-6,11-15,17,22,25,30-33,39H,7-10,16,18-20,38H2,1H3,(H,40,49)(H,41,47)(H,42,48)(H,43,44,45,46);1H/t22?,25?,30?,31?,32-,33?;/m0./s1. The van der Waals surface area contributed by atoms with E-state index in [2.05, 4.69) is 48.0 Å². The van der Waals surface area contributed by atoms with Crippen molar-refractivity contribution >= 4 is 35.8 Å². The van der Waals surface area contributed by atoms with Crippen molar-refractivity contribution in [2.24, 2.45) is 29.4 Å². The molecule has 3 amide bonds. The normalized spacial score (nSPS) is 22.8. The van der Waals surface area contributed by atoms with Crippen LogP contribution in [0, 0.1) is 30.6 Å². The van der Waals surface area contributed by atoms with E-state index in [1.165, 1.54) is 0 Å². The summed E-state index contributed by atoms with van der Waals surface area (Å²) in [5, 5.41) is 26.6. The first-order valence-electron chi connectivity index (χ1n) is 17.2. The van der Waals surface area contributed by atoms with E-state index < -0.39 is 6.04 Å². The second kappa shape index (κ2) is 15.5. The van der Waals surface area contributed by atoms with Gasteiger partial charge in [-0.25, -0.2) is 5.10 Å². The number of anilines is 1. The van der Waals surface area contributed by atoms with Gasteiger partial charge >= 0.3 is 0 Å². The molecule has 0 spiro atoms. The van der Waals surface area contributed by atoms with Crippen LogP contribution in [0.1, 0.15) is 47.2 Å². The topological polar surface area (TPSA) is 180 Å². The molecule has 3 atom stereocenters. The summed E-state index contributed by atoms with van der Waals surface area (Å²) in [6.45, 7) is 4.59. The quantitative estimate of drug-likeness (QED) is 0.137. The van der Waals surface area contributed by atoms with Gasteiger partial charge in [-0.05, 0) is 126 Å². The third-order valence-electron chi connectivity index (χ3n) is 10.5. The number of aromatic amines is 1. The van der Waals surface area contributed by atoms with Crippen LogP contribution in [0.25, 0.3) is 22.5 Å². The van der Waals surface area contributed by atoms with Crippen molar-refractivity contribution in [1.29, 1.82) is 0 Å². The monoisotopic (exact) mass is 697 g/mol. The van der Waals surface area contributed by atoms with Crippen LogP contribution < -0.4 is 27.0 Å². The lowest BCUT2D eigenvalue weighted by molar-refractivity contribution is -0.130. The summed E-state index contributed by atoms with van der Waals surface area (Å²) in [5.41, 5.74) is 11.7. The zero-order chi connectivity index (χ0) is 33.9. The number of H-pyrrole nitrogens is 1. The van der Waals surface area contributed by atoms with Gasteiger partial charge in [0.15, 0.2) is 5.82 Å². The molecule has 7 N–H and O–H groups in total. The number of hydrogen-bond donors (Lipinski definition) is 6. The van der Waals surface area contributed by atoms with Crippen LogP contribution in [0.3, 0.4) is 0 Å². The van der Waals surface area contributed by atoms with Gasteiger partial charge in [0.25, 0.3) is 5.91 Å². The molecule has 1 aliphatic heterocycles. The number of amides is 3. The maximum absolute atomic E-state index is 13.8. The lowest BCUT2D eigenvalue weighted by atomic mass is 9.81. The number of fused-ring (bicyclic) bond motifs is 1. The minimum absolute atomic E-state index is 0. The van der Waals surface area contributed by atoms with Crippen LogP contribution >= 0.6 is 12.4 Å². The van der Waals surface area contributed by atoms with Gasteiger partial charge in [-0.1, -0.05) is 30.3 Å². The van der Waals surface area contributed by atoms with Crippen LogP contribution in [0.2, 0.25) is 0 Å². The molecular formula is C37H44ClN9O3. The molecule has 7 rings (SSSR count). The predicted molar refractivity (Wildman–Crippen MR) is 193 cm³/mol. The number of halogens is 1. The Labute approximate surface area is 297 Å². The zero-order valence-corrected chi connectivity index (χ0v) is 28.8. The Morgan fingerprint density at radius 2 is 1.70 bits per heavy atom. The highest BCUT2D eigenvalue weighted by Gasteiger charge is 2.53. The first-order valence-corrected chi connectivity index (χ1v) is 17.2. The van der Waals surface area contributed by atoms with E-state index in [0.29, 0.717) is 47.8 Å². The van der Waals surface area contributed by atoms with Crippen LogP contribution in [0.15, 0.2) is 66.7 Å². The van der Waals surface area contributed by atoms with Gasteiger partial charge in [0, 0.05) is 48.3 Å². The number of nitrogens with zero attached hydrogens (tertiary/aromatic N) is 3. The second-order valence-electron chi connectivity index (χ2n) is 13.8. The fraction of sp³-hybridized carbons (Fsp3) is 0.405. The molecule has 4 aromatic rings. The van der Waals surface area contributed by atoms with Crippen LogP contribution in [-0.2, 0) is 16.0 Å². The maximum atomic E-state index is 13.8. The highest BCUT2D eigenvalue weighted by Crippen LogP contribution is 2.41. The first kappa shape index (κ1) is 35.2. The molecule has 0 radical (unpaired) electrons. The molecule has 2 aliphatic carbocycles. The number of aryl methyl sites for hydroxylation is 1. The largest absolute Gasteiger partial charge is 0.349 e. The van der Waals surface area contributed by atoms with Gasteiger partial charge in [-0.15, -0.1) is 17.5 Å². The Bertz CT molecular complexity index is 1800. The first-order chi connectivity index (χ1) is 23.9. The van der Waals surface area contributed by atoms with E-state index in [9.17, 15) is 14.4 Å². The highest BCUT2D eigenvalue weighted by atomic mass is 35.5. The van der Waals surface area contributed by atoms with Crippen molar-refractivity contribution in [1.82, 2.24) is 36.6 Å². The second-order valence-corrected chi connectivity index (χ2v) is 13.8. The van der Waals surface area contributed by atoms with E-state index in [4.69, 9.17) is 5.73 Å². The third-order valence-corrected chi connectivity index (χ3v) is 10.5. The van der Waals surface area contributed by atoms with E-state index in [0.717, 1.165) is 66.6 Å². The summed E-state index contributed by atoms with van der Waals surface area (Å²) in [6, 6.07) is 20.4. The van der Waals surface area contributed by atoms with Gasteiger partial charge in [0.05, 0.1) is 0 Å². The Kier molecular flexibility index (Phi) is 10.9. The number of piperidine rings is 1. The smallest absolute Gasteiger partial charge is 0.251 e. The van der Waals surface area contributed by atoms with E-state index >= 15 is 0 Å². The number of rotatable bonds is 11. The fourth-order valence-electron chi connectivity index (χ4n) is 7.42. The number of hydrogen-bond acceptors (Lipinski definition) is 8. The number of aromatic nitrogens is 4. The van der Waals surface area contributed by atoms with E-state index in [-0.39, 0.29) is 42.1 Å². The van der Waals surface area contributed by atoms with Crippen LogP contribution in [0.5, 0.6) is 0 Å². The molecule has 12 nitrogen and oxygen atoms in total. The van der Waals surface area contributed by atoms with Crippen molar-refractivity contribution in [3.8, 4) is 22.5 Å². The average molecular weight is 698 g/mol. The Hall–Kier alpha value is -4.65. The van der Waals surface area contributed by atoms with Crippen LogP contribution in [-0.4, -0.2) is 70.1 Å². The minimum Gasteiger partial charge on any atom is -0.349 e. The number of tetrazole rings is 1. The number of nitrogens with one attached hydrogen (secondary N) is 5. The molecule has 13 heteroatoms. The zero-order valence-electron chi connectivity index (χ0n) is 28.0. The molecule has 50 heavy (non-hydrogen) atoms. The van der Waals surface area contributed by atoms with Crippen molar-refractivity contribution in [2.45, 2.75) is 51.1 Å². The molecule has 262 valence electrons. The molecule has 2 saturated carbocycles. The molecule has 2 heterocycles. The number of benzene rings is 3. The Balaban J connectivity index is 0.00000432.